The van der Waals surface area contributed by atoms with Gasteiger partial charge < -0.3 is 4.74 Å². The molecular formula is C19H18N4O. The first-order chi connectivity index (χ1) is 11.8. The van der Waals surface area contributed by atoms with E-state index in [4.69, 9.17) is 9.84 Å². The van der Waals surface area contributed by atoms with E-state index in [0.717, 1.165) is 38.9 Å². The number of fused-ring (bicyclic) bond motifs is 1. The number of benzene rings is 2. The van der Waals surface area contributed by atoms with Gasteiger partial charge in [-0.05, 0) is 23.3 Å². The van der Waals surface area contributed by atoms with Crippen LogP contribution in [0.15, 0.2) is 54.9 Å². The quantitative estimate of drug-likeness (QED) is 0.623. The van der Waals surface area contributed by atoms with Crippen LogP contribution < -0.4 is 0 Å². The first-order valence-electron chi connectivity index (χ1n) is 7.80. The molecule has 2 heterocycles. The summed E-state index contributed by atoms with van der Waals surface area (Å²) in [6, 6.07) is 14.5. The number of H-pyrrole nitrogens is 1. The first kappa shape index (κ1) is 14.7. The Morgan fingerprint density at radius 1 is 1.12 bits per heavy atom. The van der Waals surface area contributed by atoms with Crippen LogP contribution >= 0.6 is 0 Å². The van der Waals surface area contributed by atoms with E-state index in [2.05, 4.69) is 46.7 Å². The molecule has 0 aliphatic heterocycles. The fourth-order valence-electron chi connectivity index (χ4n) is 3.07. The van der Waals surface area contributed by atoms with Gasteiger partial charge in [-0.1, -0.05) is 30.3 Å². The lowest BCUT2D eigenvalue weighted by Gasteiger charge is -2.06. The number of aryl methyl sites for hydroxylation is 1. The Morgan fingerprint density at radius 2 is 2.00 bits per heavy atom. The number of aromatic nitrogens is 4. The largest absolute Gasteiger partial charge is 0.380 e. The molecular weight excluding hydrogens is 300 g/mol. The van der Waals surface area contributed by atoms with Crippen molar-refractivity contribution >= 4 is 10.9 Å². The number of methoxy groups -OCH3 is 1. The lowest BCUT2D eigenvalue weighted by molar-refractivity contribution is 0.185. The summed E-state index contributed by atoms with van der Waals surface area (Å²) >= 11 is 0. The number of hydrogen-bond donors (Lipinski definition) is 1. The molecule has 5 heteroatoms. The number of nitrogens with one attached hydrogen (secondary N) is 1. The number of aromatic amines is 1. The van der Waals surface area contributed by atoms with Crippen molar-refractivity contribution in [1.82, 2.24) is 20.0 Å². The van der Waals surface area contributed by atoms with Crippen molar-refractivity contribution in [2.45, 2.75) is 6.61 Å². The predicted octanol–water partition coefficient (Wildman–Crippen LogP) is 3.78. The minimum atomic E-state index is 0.598. The summed E-state index contributed by atoms with van der Waals surface area (Å²) in [7, 11) is 3.66. The molecule has 0 aliphatic carbocycles. The van der Waals surface area contributed by atoms with Gasteiger partial charge in [-0.2, -0.15) is 10.2 Å². The fourth-order valence-corrected chi connectivity index (χ4v) is 3.07. The SMILES string of the molecule is COCc1cccc(-c2cn(C)nc2-c2cccc3[nH]ncc23)c1. The summed E-state index contributed by atoms with van der Waals surface area (Å²) in [6.07, 6.45) is 3.91. The molecule has 2 aromatic heterocycles. The van der Waals surface area contributed by atoms with E-state index in [1.54, 1.807) is 7.11 Å². The van der Waals surface area contributed by atoms with Gasteiger partial charge in [-0.25, -0.2) is 0 Å². The van der Waals surface area contributed by atoms with E-state index in [0.29, 0.717) is 6.61 Å². The third-order valence-corrected chi connectivity index (χ3v) is 4.12. The molecule has 0 saturated carbocycles. The van der Waals surface area contributed by atoms with Gasteiger partial charge in [-0.15, -0.1) is 0 Å². The van der Waals surface area contributed by atoms with Gasteiger partial charge in [0, 0.05) is 36.9 Å². The van der Waals surface area contributed by atoms with Crippen LogP contribution in [0, 0.1) is 0 Å². The fraction of sp³-hybridized carbons (Fsp3) is 0.158. The van der Waals surface area contributed by atoms with Crippen LogP contribution in [-0.2, 0) is 18.4 Å². The van der Waals surface area contributed by atoms with Crippen LogP contribution in [0.25, 0.3) is 33.3 Å². The number of nitrogens with zero attached hydrogens (tertiary/aromatic N) is 3. The van der Waals surface area contributed by atoms with E-state index < -0.39 is 0 Å². The highest BCUT2D eigenvalue weighted by Gasteiger charge is 2.15. The Morgan fingerprint density at radius 3 is 2.88 bits per heavy atom. The minimum Gasteiger partial charge on any atom is -0.380 e. The maximum absolute atomic E-state index is 5.25. The molecule has 0 atom stereocenters. The van der Waals surface area contributed by atoms with Gasteiger partial charge in [0.2, 0.25) is 0 Å². The summed E-state index contributed by atoms with van der Waals surface area (Å²) < 4.78 is 7.11. The van der Waals surface area contributed by atoms with E-state index in [9.17, 15) is 0 Å². The summed E-state index contributed by atoms with van der Waals surface area (Å²) in [5.74, 6) is 0. The van der Waals surface area contributed by atoms with Crippen molar-refractivity contribution < 1.29 is 4.74 Å². The Labute approximate surface area is 139 Å². The van der Waals surface area contributed by atoms with Crippen molar-refractivity contribution in [3.8, 4) is 22.4 Å². The molecule has 0 amide bonds. The van der Waals surface area contributed by atoms with Crippen molar-refractivity contribution in [3.05, 3.63) is 60.4 Å². The smallest absolute Gasteiger partial charge is 0.101 e. The highest BCUT2D eigenvalue weighted by molar-refractivity contribution is 5.97. The molecule has 0 aliphatic rings. The predicted molar refractivity (Wildman–Crippen MR) is 94.4 cm³/mol. The molecule has 0 radical (unpaired) electrons. The van der Waals surface area contributed by atoms with Gasteiger partial charge in [-0.3, -0.25) is 9.78 Å². The molecule has 120 valence electrons. The molecule has 0 fully saturated rings. The number of hydrogen-bond acceptors (Lipinski definition) is 3. The average Bonchev–Trinajstić information content (AvgIpc) is 3.21. The second kappa shape index (κ2) is 5.94. The summed E-state index contributed by atoms with van der Waals surface area (Å²) in [5.41, 5.74) is 6.42. The maximum Gasteiger partial charge on any atom is 0.101 e. The summed E-state index contributed by atoms with van der Waals surface area (Å²) in [6.45, 7) is 0.598. The van der Waals surface area contributed by atoms with Crippen molar-refractivity contribution in [2.24, 2.45) is 7.05 Å². The molecule has 0 unspecified atom stereocenters. The molecule has 5 nitrogen and oxygen atoms in total. The topological polar surface area (TPSA) is 55.7 Å². The molecule has 0 bridgehead atoms. The van der Waals surface area contributed by atoms with E-state index in [1.807, 2.05) is 30.1 Å². The Kier molecular flexibility index (Phi) is 3.63. The molecule has 24 heavy (non-hydrogen) atoms. The highest BCUT2D eigenvalue weighted by atomic mass is 16.5. The van der Waals surface area contributed by atoms with Crippen molar-refractivity contribution in [3.63, 3.8) is 0 Å². The van der Waals surface area contributed by atoms with Gasteiger partial charge in [0.25, 0.3) is 0 Å². The van der Waals surface area contributed by atoms with Crippen LogP contribution in [0.5, 0.6) is 0 Å². The van der Waals surface area contributed by atoms with Crippen molar-refractivity contribution in [2.75, 3.05) is 7.11 Å². The lowest BCUT2D eigenvalue weighted by atomic mass is 9.98. The standard InChI is InChI=1S/C19H18N4O/c1-23-11-17(14-6-3-5-13(9-14)12-24-2)19(22-23)15-7-4-8-18-16(15)10-20-21-18/h3-11H,12H2,1-2H3,(H,20,21). The second-order valence-corrected chi connectivity index (χ2v) is 5.84. The van der Waals surface area contributed by atoms with E-state index >= 15 is 0 Å². The van der Waals surface area contributed by atoms with Gasteiger partial charge in [0.15, 0.2) is 0 Å². The molecule has 1 N–H and O–H groups in total. The van der Waals surface area contributed by atoms with Crippen LogP contribution in [0.2, 0.25) is 0 Å². The molecule has 0 saturated heterocycles. The monoisotopic (exact) mass is 318 g/mol. The third-order valence-electron chi connectivity index (χ3n) is 4.12. The normalized spacial score (nSPS) is 11.2. The highest BCUT2D eigenvalue weighted by Crippen LogP contribution is 2.34. The Bertz CT molecular complexity index is 999. The van der Waals surface area contributed by atoms with Gasteiger partial charge in [0.1, 0.15) is 5.69 Å². The minimum absolute atomic E-state index is 0.598. The van der Waals surface area contributed by atoms with Crippen LogP contribution in [0.3, 0.4) is 0 Å². The van der Waals surface area contributed by atoms with Crippen molar-refractivity contribution in [1.29, 1.82) is 0 Å². The van der Waals surface area contributed by atoms with Crippen LogP contribution in [-0.4, -0.2) is 27.1 Å². The number of ether oxygens (including phenoxy) is 1. The molecule has 0 spiro atoms. The molecule has 4 aromatic rings. The summed E-state index contributed by atoms with van der Waals surface area (Å²) in [5, 5.41) is 13.0. The van der Waals surface area contributed by atoms with Crippen LogP contribution in [0.4, 0.5) is 0 Å². The first-order valence-corrected chi connectivity index (χ1v) is 7.80. The lowest BCUT2D eigenvalue weighted by Crippen LogP contribution is -1.89. The van der Waals surface area contributed by atoms with Gasteiger partial charge in [0.05, 0.1) is 18.3 Å². The van der Waals surface area contributed by atoms with Crippen LogP contribution in [0.1, 0.15) is 5.56 Å². The zero-order valence-electron chi connectivity index (χ0n) is 13.7. The zero-order chi connectivity index (χ0) is 16.5. The summed E-state index contributed by atoms with van der Waals surface area (Å²) in [4.78, 5) is 0. The Hall–Kier alpha value is -2.92. The third kappa shape index (κ3) is 2.49. The van der Waals surface area contributed by atoms with Gasteiger partial charge >= 0.3 is 0 Å². The number of rotatable bonds is 4. The second-order valence-electron chi connectivity index (χ2n) is 5.84. The molecule has 4 rings (SSSR count). The Balaban J connectivity index is 1.90. The molecule has 2 aromatic carbocycles. The maximum atomic E-state index is 5.25. The van der Waals surface area contributed by atoms with E-state index in [-0.39, 0.29) is 0 Å². The average molecular weight is 318 g/mol. The van der Waals surface area contributed by atoms with E-state index in [1.165, 1.54) is 0 Å². The zero-order valence-corrected chi connectivity index (χ0v) is 13.7.